The molecule has 2 aromatic carbocycles. The molecule has 0 aliphatic carbocycles. The number of piperidine rings is 1. The Hall–Kier alpha value is -2.92. The van der Waals surface area contributed by atoms with Crippen LogP contribution in [0.2, 0.25) is 0 Å². The minimum atomic E-state index is 0.0315. The number of hydrogen-bond acceptors (Lipinski definition) is 3. The zero-order chi connectivity index (χ0) is 19.7. The van der Waals surface area contributed by atoms with Crippen molar-refractivity contribution in [2.45, 2.75) is 32.7 Å². The summed E-state index contributed by atoms with van der Waals surface area (Å²) >= 11 is 0. The Morgan fingerprint density at radius 1 is 1.07 bits per heavy atom. The summed E-state index contributed by atoms with van der Waals surface area (Å²) < 4.78 is 1.80. The lowest BCUT2D eigenvalue weighted by atomic mass is 9.99. The highest BCUT2D eigenvalue weighted by molar-refractivity contribution is 6.00. The van der Waals surface area contributed by atoms with Gasteiger partial charge < -0.3 is 10.6 Å². The van der Waals surface area contributed by atoms with E-state index in [2.05, 4.69) is 32.0 Å². The Kier molecular flexibility index (Phi) is 5.01. The first-order valence-electron chi connectivity index (χ1n) is 9.80. The number of nitrogens with zero attached hydrogens (tertiary/aromatic N) is 3. The van der Waals surface area contributed by atoms with E-state index in [1.807, 2.05) is 41.4 Å². The van der Waals surface area contributed by atoms with Crippen molar-refractivity contribution in [1.82, 2.24) is 14.7 Å². The van der Waals surface area contributed by atoms with E-state index in [4.69, 9.17) is 10.8 Å². The molecule has 28 heavy (non-hydrogen) atoms. The third-order valence-electron chi connectivity index (χ3n) is 5.43. The molecule has 0 bridgehead atoms. The van der Waals surface area contributed by atoms with Gasteiger partial charge in [-0.25, -0.2) is 4.68 Å². The molecule has 1 aliphatic heterocycles. The maximum atomic E-state index is 13.4. The molecule has 1 saturated heterocycles. The number of rotatable bonds is 3. The summed E-state index contributed by atoms with van der Waals surface area (Å²) in [4.78, 5) is 15.3. The van der Waals surface area contributed by atoms with Crippen LogP contribution in [0.5, 0.6) is 0 Å². The quantitative estimate of drug-likeness (QED) is 0.760. The number of para-hydroxylation sites is 1. The standard InChI is InChI=1S/C23H26N4O/c1-16-8-9-20(17(2)14-16)22-21(23(28)26-12-10-18(24)11-13-26)15-27(25-22)19-6-4-3-5-7-19/h3-9,14-15,18H,10-13,24H2,1-2H3. The van der Waals surface area contributed by atoms with Gasteiger partial charge in [0.2, 0.25) is 0 Å². The van der Waals surface area contributed by atoms with Crippen LogP contribution < -0.4 is 5.73 Å². The lowest BCUT2D eigenvalue weighted by Crippen LogP contribution is -2.42. The summed E-state index contributed by atoms with van der Waals surface area (Å²) in [6.07, 6.45) is 3.55. The highest BCUT2D eigenvalue weighted by Crippen LogP contribution is 2.29. The number of aryl methyl sites for hydroxylation is 2. The van der Waals surface area contributed by atoms with Crippen molar-refractivity contribution in [3.05, 3.63) is 71.4 Å². The molecule has 3 aromatic rings. The predicted octanol–water partition coefficient (Wildman–Crippen LogP) is 3.72. The first kappa shape index (κ1) is 18.4. The smallest absolute Gasteiger partial charge is 0.257 e. The van der Waals surface area contributed by atoms with E-state index in [0.717, 1.165) is 35.3 Å². The molecule has 1 aromatic heterocycles. The highest BCUT2D eigenvalue weighted by Gasteiger charge is 2.26. The fourth-order valence-electron chi connectivity index (χ4n) is 3.79. The maximum absolute atomic E-state index is 13.4. The summed E-state index contributed by atoms with van der Waals surface area (Å²) in [7, 11) is 0. The van der Waals surface area contributed by atoms with Gasteiger partial charge in [0.15, 0.2) is 0 Å². The van der Waals surface area contributed by atoms with Gasteiger partial charge in [-0.2, -0.15) is 5.10 Å². The van der Waals surface area contributed by atoms with Gasteiger partial charge in [0, 0.05) is 30.9 Å². The Balaban J connectivity index is 1.79. The van der Waals surface area contributed by atoms with Crippen LogP contribution >= 0.6 is 0 Å². The molecule has 0 unspecified atom stereocenters. The van der Waals surface area contributed by atoms with Crippen LogP contribution in [0.4, 0.5) is 0 Å². The molecule has 0 saturated carbocycles. The van der Waals surface area contributed by atoms with Crippen LogP contribution in [0.15, 0.2) is 54.7 Å². The third-order valence-corrected chi connectivity index (χ3v) is 5.43. The fourth-order valence-corrected chi connectivity index (χ4v) is 3.79. The van der Waals surface area contributed by atoms with Gasteiger partial charge >= 0.3 is 0 Å². The average Bonchev–Trinajstić information content (AvgIpc) is 3.14. The van der Waals surface area contributed by atoms with Crippen molar-refractivity contribution in [3.8, 4) is 16.9 Å². The minimum Gasteiger partial charge on any atom is -0.338 e. The SMILES string of the molecule is Cc1ccc(-c2nn(-c3ccccc3)cc2C(=O)N2CCC(N)CC2)c(C)c1. The Morgan fingerprint density at radius 3 is 2.46 bits per heavy atom. The van der Waals surface area contributed by atoms with Crippen LogP contribution in [0, 0.1) is 13.8 Å². The number of nitrogens with two attached hydrogens (primary N) is 1. The number of benzene rings is 2. The molecule has 1 fully saturated rings. The highest BCUT2D eigenvalue weighted by atomic mass is 16.2. The molecule has 144 valence electrons. The molecular weight excluding hydrogens is 348 g/mol. The van der Waals surface area contributed by atoms with Gasteiger partial charge in [-0.1, -0.05) is 42.0 Å². The van der Waals surface area contributed by atoms with Crippen molar-refractivity contribution in [2.24, 2.45) is 5.73 Å². The van der Waals surface area contributed by atoms with Gasteiger partial charge in [-0.3, -0.25) is 4.79 Å². The number of amides is 1. The second-order valence-corrected chi connectivity index (χ2v) is 7.62. The van der Waals surface area contributed by atoms with Gasteiger partial charge in [0.1, 0.15) is 5.69 Å². The van der Waals surface area contributed by atoms with Crippen LogP contribution in [0.1, 0.15) is 34.3 Å². The van der Waals surface area contributed by atoms with Crippen molar-refractivity contribution in [2.75, 3.05) is 13.1 Å². The van der Waals surface area contributed by atoms with Gasteiger partial charge in [0.25, 0.3) is 5.91 Å². The lowest BCUT2D eigenvalue weighted by molar-refractivity contribution is 0.0715. The van der Waals surface area contributed by atoms with Gasteiger partial charge in [0.05, 0.1) is 11.3 Å². The molecule has 5 heteroatoms. The summed E-state index contributed by atoms with van der Waals surface area (Å²) in [5.41, 5.74) is 11.6. The largest absolute Gasteiger partial charge is 0.338 e. The molecular formula is C23H26N4O. The summed E-state index contributed by atoms with van der Waals surface area (Å²) in [5.74, 6) is 0.0315. The summed E-state index contributed by atoms with van der Waals surface area (Å²) in [6.45, 7) is 5.53. The molecule has 2 N–H and O–H groups in total. The van der Waals surface area contributed by atoms with Gasteiger partial charge in [-0.15, -0.1) is 0 Å². The average molecular weight is 374 g/mol. The van der Waals surface area contributed by atoms with E-state index in [1.165, 1.54) is 5.56 Å². The van der Waals surface area contributed by atoms with Crippen LogP contribution in [-0.2, 0) is 0 Å². The maximum Gasteiger partial charge on any atom is 0.257 e. The van der Waals surface area contributed by atoms with Crippen LogP contribution in [-0.4, -0.2) is 39.7 Å². The normalized spacial score (nSPS) is 15.0. The molecule has 0 spiro atoms. The van der Waals surface area contributed by atoms with Crippen molar-refractivity contribution < 1.29 is 4.79 Å². The minimum absolute atomic E-state index is 0.0315. The molecule has 0 radical (unpaired) electrons. The van der Waals surface area contributed by atoms with E-state index >= 15 is 0 Å². The lowest BCUT2D eigenvalue weighted by Gasteiger charge is -2.30. The molecule has 5 nitrogen and oxygen atoms in total. The number of hydrogen-bond donors (Lipinski definition) is 1. The number of carbonyl (C=O) groups excluding carboxylic acids is 1. The topological polar surface area (TPSA) is 64.2 Å². The van der Waals surface area contributed by atoms with E-state index in [-0.39, 0.29) is 11.9 Å². The Morgan fingerprint density at radius 2 is 1.79 bits per heavy atom. The predicted molar refractivity (Wildman–Crippen MR) is 112 cm³/mol. The van der Waals surface area contributed by atoms with E-state index < -0.39 is 0 Å². The van der Waals surface area contributed by atoms with Crippen LogP contribution in [0.25, 0.3) is 16.9 Å². The molecule has 1 amide bonds. The van der Waals surface area contributed by atoms with E-state index in [9.17, 15) is 4.79 Å². The summed E-state index contributed by atoms with van der Waals surface area (Å²) in [6, 6.07) is 16.4. The molecule has 1 aliphatic rings. The second kappa shape index (κ2) is 7.60. The zero-order valence-electron chi connectivity index (χ0n) is 16.4. The van der Waals surface area contributed by atoms with Crippen molar-refractivity contribution >= 4 is 5.91 Å². The molecule has 4 rings (SSSR count). The van der Waals surface area contributed by atoms with Crippen molar-refractivity contribution in [1.29, 1.82) is 0 Å². The Labute approximate surface area is 165 Å². The van der Waals surface area contributed by atoms with E-state index in [1.54, 1.807) is 4.68 Å². The monoisotopic (exact) mass is 374 g/mol. The summed E-state index contributed by atoms with van der Waals surface area (Å²) in [5, 5.41) is 4.82. The Bertz CT molecular complexity index is 985. The number of likely N-dealkylation sites (tertiary alicyclic amines) is 1. The first-order chi connectivity index (χ1) is 13.5. The number of aromatic nitrogens is 2. The first-order valence-corrected chi connectivity index (χ1v) is 9.80. The zero-order valence-corrected chi connectivity index (χ0v) is 16.4. The second-order valence-electron chi connectivity index (χ2n) is 7.62. The van der Waals surface area contributed by atoms with Crippen LogP contribution in [0.3, 0.4) is 0 Å². The molecule has 2 heterocycles. The number of carbonyl (C=O) groups is 1. The van der Waals surface area contributed by atoms with Crippen molar-refractivity contribution in [3.63, 3.8) is 0 Å². The third kappa shape index (κ3) is 3.58. The van der Waals surface area contributed by atoms with Gasteiger partial charge in [-0.05, 0) is 44.4 Å². The fraction of sp³-hybridized carbons (Fsp3) is 0.304. The van der Waals surface area contributed by atoms with E-state index in [0.29, 0.717) is 18.7 Å². The molecule has 0 atom stereocenters.